The molecule has 0 aromatic heterocycles. The summed E-state index contributed by atoms with van der Waals surface area (Å²) in [5.41, 5.74) is 2.93. The van der Waals surface area contributed by atoms with Crippen LogP contribution in [-0.2, 0) is 9.59 Å². The molecular weight excluding hydrogens is 282 g/mol. The smallest absolute Gasteiger partial charge is 0.329 e. The molecule has 0 spiro atoms. The number of hydrogen-bond donors (Lipinski definition) is 2. The molecule has 2 rings (SSSR count). The maximum Gasteiger partial charge on any atom is 0.329 e. The Balaban J connectivity index is 2.25. The lowest BCUT2D eigenvalue weighted by Gasteiger charge is -2.08. The Hall–Kier alpha value is -2.89. The van der Waals surface area contributed by atoms with Crippen molar-refractivity contribution in [1.29, 1.82) is 0 Å². The van der Waals surface area contributed by atoms with Gasteiger partial charge in [0.1, 0.15) is 5.75 Å². The highest BCUT2D eigenvalue weighted by molar-refractivity contribution is 6.35. The summed E-state index contributed by atoms with van der Waals surface area (Å²) in [6, 6.07) is 11.5. The van der Waals surface area contributed by atoms with Gasteiger partial charge in [0, 0.05) is 12.1 Å². The Morgan fingerprint density at radius 3 is 2.68 bits per heavy atom. The lowest BCUT2D eigenvalue weighted by atomic mass is 10.0. The van der Waals surface area contributed by atoms with Gasteiger partial charge in [0.2, 0.25) is 0 Å². The van der Waals surface area contributed by atoms with Crippen LogP contribution in [0, 0.1) is 0 Å². The molecule has 2 N–H and O–H groups in total. The number of amides is 2. The number of benzene rings is 2. The third kappa shape index (κ3) is 3.41. The Morgan fingerprint density at radius 1 is 1.18 bits per heavy atom. The molecule has 22 heavy (non-hydrogen) atoms. The first-order valence-corrected chi connectivity index (χ1v) is 6.84. The highest BCUT2D eigenvalue weighted by Gasteiger charge is 2.11. The van der Waals surface area contributed by atoms with E-state index in [4.69, 9.17) is 4.74 Å². The molecule has 0 saturated carbocycles. The van der Waals surface area contributed by atoms with Gasteiger partial charge >= 0.3 is 11.8 Å². The van der Waals surface area contributed by atoms with Crippen LogP contribution in [-0.4, -0.2) is 31.7 Å². The number of likely N-dealkylation sites (N-methyl/N-ethyl adjacent to an activating group) is 1. The molecule has 2 aromatic rings. The number of ether oxygens (including phenoxy) is 1. The molecule has 0 heterocycles. The summed E-state index contributed by atoms with van der Waals surface area (Å²) in [5.74, 6) is -0.892. The SMILES string of the molecule is CCNC(=O)C(=O)N/N=C\c1c(OC)ccc2ccccc12. The van der Waals surface area contributed by atoms with Crippen LogP contribution >= 0.6 is 0 Å². The van der Waals surface area contributed by atoms with E-state index in [-0.39, 0.29) is 0 Å². The second-order valence-electron chi connectivity index (χ2n) is 4.46. The van der Waals surface area contributed by atoms with Gasteiger partial charge in [-0.25, -0.2) is 5.43 Å². The zero-order valence-electron chi connectivity index (χ0n) is 12.4. The predicted octanol–water partition coefficient (Wildman–Crippen LogP) is 1.43. The Labute approximate surface area is 128 Å². The van der Waals surface area contributed by atoms with Gasteiger partial charge in [0.05, 0.1) is 13.3 Å². The van der Waals surface area contributed by atoms with Crippen molar-refractivity contribution in [1.82, 2.24) is 10.7 Å². The number of nitrogens with zero attached hydrogens (tertiary/aromatic N) is 1. The quantitative estimate of drug-likeness (QED) is 0.509. The van der Waals surface area contributed by atoms with Crippen LogP contribution in [0.3, 0.4) is 0 Å². The van der Waals surface area contributed by atoms with Crippen molar-refractivity contribution in [2.75, 3.05) is 13.7 Å². The second-order valence-corrected chi connectivity index (χ2v) is 4.46. The van der Waals surface area contributed by atoms with Crippen LogP contribution in [0.25, 0.3) is 10.8 Å². The van der Waals surface area contributed by atoms with E-state index >= 15 is 0 Å². The zero-order chi connectivity index (χ0) is 15.9. The summed E-state index contributed by atoms with van der Waals surface area (Å²) in [4.78, 5) is 22.8. The fraction of sp³-hybridized carbons (Fsp3) is 0.188. The average Bonchev–Trinajstić information content (AvgIpc) is 2.55. The fourth-order valence-electron chi connectivity index (χ4n) is 2.03. The van der Waals surface area contributed by atoms with Crippen molar-refractivity contribution in [3.63, 3.8) is 0 Å². The Morgan fingerprint density at radius 2 is 1.95 bits per heavy atom. The van der Waals surface area contributed by atoms with E-state index in [0.29, 0.717) is 12.3 Å². The van der Waals surface area contributed by atoms with Gasteiger partial charge in [0.25, 0.3) is 0 Å². The summed E-state index contributed by atoms with van der Waals surface area (Å²) in [7, 11) is 1.56. The number of carbonyl (C=O) groups is 2. The summed E-state index contributed by atoms with van der Waals surface area (Å²) in [6.07, 6.45) is 1.47. The number of hydrogen-bond acceptors (Lipinski definition) is 4. The lowest BCUT2D eigenvalue weighted by molar-refractivity contribution is -0.139. The summed E-state index contributed by atoms with van der Waals surface area (Å²) in [6.45, 7) is 2.11. The van der Waals surface area contributed by atoms with Gasteiger partial charge < -0.3 is 10.1 Å². The first-order chi connectivity index (χ1) is 10.7. The number of rotatable bonds is 4. The first-order valence-electron chi connectivity index (χ1n) is 6.84. The van der Waals surface area contributed by atoms with Crippen molar-refractivity contribution < 1.29 is 14.3 Å². The number of hydrazone groups is 1. The minimum atomic E-state index is -0.808. The van der Waals surface area contributed by atoms with Crippen LogP contribution in [0.1, 0.15) is 12.5 Å². The van der Waals surface area contributed by atoms with Gasteiger partial charge in [-0.2, -0.15) is 5.10 Å². The third-order valence-electron chi connectivity index (χ3n) is 3.05. The Bertz CT molecular complexity index is 726. The molecular formula is C16H17N3O3. The molecule has 0 bridgehead atoms. The maximum absolute atomic E-state index is 11.5. The lowest BCUT2D eigenvalue weighted by Crippen LogP contribution is -2.37. The molecule has 0 atom stereocenters. The zero-order valence-corrected chi connectivity index (χ0v) is 12.4. The predicted molar refractivity (Wildman–Crippen MR) is 84.9 cm³/mol. The van der Waals surface area contributed by atoms with Gasteiger partial charge in [-0.15, -0.1) is 0 Å². The molecule has 6 nitrogen and oxygen atoms in total. The molecule has 2 amide bonds. The Kier molecular flexibility index (Phi) is 5.08. The van der Waals surface area contributed by atoms with Crippen LogP contribution in [0.15, 0.2) is 41.5 Å². The van der Waals surface area contributed by atoms with Crippen molar-refractivity contribution >= 4 is 28.8 Å². The van der Waals surface area contributed by atoms with E-state index in [2.05, 4.69) is 15.8 Å². The van der Waals surface area contributed by atoms with Gasteiger partial charge in [-0.05, 0) is 23.8 Å². The largest absolute Gasteiger partial charge is 0.496 e. The number of carbonyl (C=O) groups excluding carboxylic acids is 2. The molecule has 6 heteroatoms. The van der Waals surface area contributed by atoms with Crippen molar-refractivity contribution in [2.45, 2.75) is 6.92 Å². The van der Waals surface area contributed by atoms with E-state index < -0.39 is 11.8 Å². The second kappa shape index (κ2) is 7.21. The summed E-state index contributed by atoms with van der Waals surface area (Å²) in [5, 5.41) is 8.20. The molecule has 0 fully saturated rings. The molecule has 114 valence electrons. The van der Waals surface area contributed by atoms with Crippen molar-refractivity contribution in [3.8, 4) is 5.75 Å². The molecule has 0 radical (unpaired) electrons. The molecule has 0 aliphatic heterocycles. The minimum absolute atomic E-state index is 0.382. The highest BCUT2D eigenvalue weighted by atomic mass is 16.5. The van der Waals surface area contributed by atoms with Crippen LogP contribution in [0.2, 0.25) is 0 Å². The highest BCUT2D eigenvalue weighted by Crippen LogP contribution is 2.26. The van der Waals surface area contributed by atoms with E-state index in [1.54, 1.807) is 14.0 Å². The summed E-state index contributed by atoms with van der Waals surface area (Å²) < 4.78 is 5.31. The number of fused-ring (bicyclic) bond motifs is 1. The molecule has 0 saturated heterocycles. The van der Waals surface area contributed by atoms with Gasteiger partial charge in [0.15, 0.2) is 0 Å². The average molecular weight is 299 g/mol. The van der Waals surface area contributed by atoms with E-state index in [9.17, 15) is 9.59 Å². The summed E-state index contributed by atoms with van der Waals surface area (Å²) >= 11 is 0. The van der Waals surface area contributed by atoms with E-state index in [0.717, 1.165) is 16.3 Å². The van der Waals surface area contributed by atoms with Crippen LogP contribution in [0.4, 0.5) is 0 Å². The van der Waals surface area contributed by atoms with Gasteiger partial charge in [-0.1, -0.05) is 30.3 Å². The topological polar surface area (TPSA) is 79.8 Å². The molecule has 0 aliphatic carbocycles. The number of nitrogens with one attached hydrogen (secondary N) is 2. The fourth-order valence-corrected chi connectivity index (χ4v) is 2.03. The van der Waals surface area contributed by atoms with Crippen molar-refractivity contribution in [3.05, 3.63) is 42.0 Å². The standard InChI is InChI=1S/C16H17N3O3/c1-3-17-15(20)16(21)19-18-10-13-12-7-5-4-6-11(12)8-9-14(13)22-2/h4-10H,3H2,1-2H3,(H,17,20)(H,19,21)/b18-10-. The first kappa shape index (κ1) is 15.5. The van der Waals surface area contributed by atoms with Gasteiger partial charge in [-0.3, -0.25) is 9.59 Å². The normalized spacial score (nSPS) is 10.6. The monoisotopic (exact) mass is 299 g/mol. The maximum atomic E-state index is 11.5. The van der Waals surface area contributed by atoms with Crippen LogP contribution in [0.5, 0.6) is 5.75 Å². The molecule has 0 aliphatic rings. The molecule has 2 aromatic carbocycles. The minimum Gasteiger partial charge on any atom is -0.496 e. The van der Waals surface area contributed by atoms with Crippen molar-refractivity contribution in [2.24, 2.45) is 5.10 Å². The third-order valence-corrected chi connectivity index (χ3v) is 3.05. The number of methoxy groups -OCH3 is 1. The van der Waals surface area contributed by atoms with E-state index in [1.165, 1.54) is 6.21 Å². The van der Waals surface area contributed by atoms with E-state index in [1.807, 2.05) is 36.4 Å². The molecule has 0 unspecified atom stereocenters. The van der Waals surface area contributed by atoms with Crippen LogP contribution < -0.4 is 15.5 Å².